The van der Waals surface area contributed by atoms with E-state index in [1.165, 1.54) is 20.8 Å². The average Bonchev–Trinajstić information content (AvgIpc) is 2.36. The first-order chi connectivity index (χ1) is 10.1. The summed E-state index contributed by atoms with van der Waals surface area (Å²) < 4.78 is 4.91. The van der Waals surface area contributed by atoms with E-state index in [0.717, 1.165) is 0 Å². The van der Waals surface area contributed by atoms with Crippen LogP contribution in [0.1, 0.15) is 26.3 Å². The lowest BCUT2D eigenvalue weighted by atomic mass is 10.1. The molecule has 8 nitrogen and oxygen atoms in total. The Kier molecular flexibility index (Phi) is 5.44. The summed E-state index contributed by atoms with van der Waals surface area (Å²) in [6, 6.07) is 6.69. The van der Waals surface area contributed by atoms with Gasteiger partial charge in [-0.25, -0.2) is 19.7 Å². The summed E-state index contributed by atoms with van der Waals surface area (Å²) in [5.41, 5.74) is -0.411. The van der Waals surface area contributed by atoms with Gasteiger partial charge in [0, 0.05) is 6.42 Å². The number of nitro groups is 1. The first kappa shape index (κ1) is 17.4. The highest BCUT2D eigenvalue weighted by atomic mass is 16.7. The molecule has 0 spiro atoms. The largest absolute Gasteiger partial charge is 0.480 e. The van der Waals surface area contributed by atoms with Crippen LogP contribution in [-0.2, 0) is 16.0 Å². The quantitative estimate of drug-likeness (QED) is 0.658. The van der Waals surface area contributed by atoms with Gasteiger partial charge in [-0.3, -0.25) is 0 Å². The van der Waals surface area contributed by atoms with Crippen molar-refractivity contribution in [3.8, 4) is 0 Å². The molecule has 22 heavy (non-hydrogen) atoms. The smallest absolute Gasteiger partial charge is 0.469 e. The molecule has 1 aromatic rings. The third-order valence-corrected chi connectivity index (χ3v) is 2.61. The van der Waals surface area contributed by atoms with Gasteiger partial charge in [0.1, 0.15) is 5.60 Å². The highest BCUT2D eigenvalue weighted by Crippen LogP contribution is 2.15. The Bertz CT molecular complexity index is 552. The number of ether oxygens (including phenoxy) is 1. The maximum atomic E-state index is 11.9. The van der Waals surface area contributed by atoms with Crippen molar-refractivity contribution < 1.29 is 24.5 Å². The first-order valence-corrected chi connectivity index (χ1v) is 6.55. The van der Waals surface area contributed by atoms with E-state index in [9.17, 15) is 24.8 Å². The number of benzene rings is 1. The molecule has 1 atom stereocenters. The van der Waals surface area contributed by atoms with Crippen LogP contribution in [0.3, 0.4) is 0 Å². The van der Waals surface area contributed by atoms with Crippen LogP contribution >= 0.6 is 0 Å². The van der Waals surface area contributed by atoms with Crippen molar-refractivity contribution in [2.45, 2.75) is 38.8 Å². The zero-order chi connectivity index (χ0) is 16.9. The number of hydrazine groups is 1. The van der Waals surface area contributed by atoms with E-state index in [0.29, 0.717) is 5.56 Å². The van der Waals surface area contributed by atoms with Crippen LogP contribution in [0, 0.1) is 10.1 Å². The number of hydrogen-bond donors (Lipinski definition) is 1. The van der Waals surface area contributed by atoms with E-state index < -0.39 is 28.7 Å². The SMILES string of the molecule is CC(C)(C)OC(=O)N([C@@H](Cc1ccccc1)C(=O)O)[N+](=O)[O-]. The Morgan fingerprint density at radius 2 is 1.86 bits per heavy atom. The molecule has 0 radical (unpaired) electrons. The molecule has 0 saturated carbocycles. The van der Waals surface area contributed by atoms with Crippen molar-refractivity contribution in [2.75, 3.05) is 0 Å². The predicted octanol–water partition coefficient (Wildman–Crippen LogP) is 2.11. The normalized spacial score (nSPS) is 12.3. The Hall–Kier alpha value is -2.64. The molecule has 8 heteroatoms. The summed E-state index contributed by atoms with van der Waals surface area (Å²) >= 11 is 0. The molecule has 0 saturated heterocycles. The standard InChI is InChI=1S/C14H18N2O6/c1-14(2,3)22-13(19)15(16(20)21)11(12(17)18)9-10-7-5-4-6-8-10/h4-8,11H,9H2,1-3H3,(H,17,18)/t11-/m0/s1. The van der Waals surface area contributed by atoms with Gasteiger partial charge in [0.2, 0.25) is 6.04 Å². The van der Waals surface area contributed by atoms with Crippen LogP contribution < -0.4 is 0 Å². The number of rotatable bonds is 5. The fourth-order valence-corrected chi connectivity index (χ4v) is 1.73. The highest BCUT2D eigenvalue weighted by molar-refractivity contribution is 5.79. The maximum Gasteiger partial charge on any atom is 0.469 e. The third-order valence-electron chi connectivity index (χ3n) is 2.61. The van der Waals surface area contributed by atoms with Gasteiger partial charge in [0.05, 0.1) is 0 Å². The predicted molar refractivity (Wildman–Crippen MR) is 76.6 cm³/mol. The van der Waals surface area contributed by atoms with E-state index in [-0.39, 0.29) is 11.4 Å². The summed E-state index contributed by atoms with van der Waals surface area (Å²) in [5, 5.41) is 19.3. The molecule has 120 valence electrons. The summed E-state index contributed by atoms with van der Waals surface area (Å²) in [7, 11) is 0. The summed E-state index contributed by atoms with van der Waals surface area (Å²) in [5.74, 6) is -1.48. The Labute approximate surface area is 127 Å². The monoisotopic (exact) mass is 310 g/mol. The van der Waals surface area contributed by atoms with E-state index >= 15 is 0 Å². The van der Waals surface area contributed by atoms with E-state index in [1.54, 1.807) is 30.3 Å². The van der Waals surface area contributed by atoms with E-state index in [4.69, 9.17) is 4.74 Å². The molecule has 0 unspecified atom stereocenters. The van der Waals surface area contributed by atoms with Crippen molar-refractivity contribution >= 4 is 12.1 Å². The molecule has 0 fully saturated rings. The number of carbonyl (C=O) groups excluding carboxylic acids is 1. The summed E-state index contributed by atoms with van der Waals surface area (Å²) in [6.45, 7) is 4.61. The Balaban J connectivity index is 3.05. The van der Waals surface area contributed by atoms with E-state index in [2.05, 4.69) is 0 Å². The average molecular weight is 310 g/mol. The topological polar surface area (TPSA) is 110 Å². The first-order valence-electron chi connectivity index (χ1n) is 6.55. The number of amides is 1. The molecule has 0 aliphatic heterocycles. The van der Waals surface area contributed by atoms with Gasteiger partial charge in [-0.2, -0.15) is 0 Å². The molecule has 1 aromatic carbocycles. The number of hydrogen-bond acceptors (Lipinski definition) is 5. The molecule has 1 N–H and O–H groups in total. The van der Waals surface area contributed by atoms with Crippen molar-refractivity contribution in [2.24, 2.45) is 0 Å². The number of nitrogens with zero attached hydrogens (tertiary/aromatic N) is 2. The number of carboxylic acid groups (broad SMARTS) is 1. The molecule has 0 aliphatic rings. The Morgan fingerprint density at radius 1 is 1.32 bits per heavy atom. The van der Waals surface area contributed by atoms with Crippen molar-refractivity contribution in [3.05, 3.63) is 46.0 Å². The van der Waals surface area contributed by atoms with Crippen LogP contribution in [0.2, 0.25) is 0 Å². The molecule has 0 aromatic heterocycles. The van der Waals surface area contributed by atoms with Crippen LogP contribution in [0.15, 0.2) is 30.3 Å². The van der Waals surface area contributed by atoms with Gasteiger partial charge in [0.15, 0.2) is 5.03 Å². The van der Waals surface area contributed by atoms with Gasteiger partial charge >= 0.3 is 12.1 Å². The number of aliphatic carboxylic acids is 1. The number of carbonyl (C=O) groups is 2. The molecule has 1 rings (SSSR count). The fraction of sp³-hybridized carbons (Fsp3) is 0.429. The zero-order valence-electron chi connectivity index (χ0n) is 12.6. The van der Waals surface area contributed by atoms with Gasteiger partial charge in [-0.05, 0) is 31.3 Å². The van der Waals surface area contributed by atoms with Gasteiger partial charge in [0.25, 0.3) is 0 Å². The van der Waals surface area contributed by atoms with Gasteiger partial charge < -0.3 is 9.84 Å². The van der Waals surface area contributed by atoms with Crippen LogP contribution in [0.25, 0.3) is 0 Å². The van der Waals surface area contributed by atoms with Crippen LogP contribution in [0.5, 0.6) is 0 Å². The Morgan fingerprint density at radius 3 is 2.27 bits per heavy atom. The fourth-order valence-electron chi connectivity index (χ4n) is 1.73. The zero-order valence-corrected chi connectivity index (χ0v) is 12.6. The lowest BCUT2D eigenvalue weighted by Crippen LogP contribution is -2.51. The molecule has 0 heterocycles. The van der Waals surface area contributed by atoms with Crippen LogP contribution in [0.4, 0.5) is 4.79 Å². The lowest BCUT2D eigenvalue weighted by molar-refractivity contribution is -0.641. The number of carboxylic acids is 1. The van der Waals surface area contributed by atoms with Gasteiger partial charge in [-0.15, -0.1) is 0 Å². The molecular formula is C14H18N2O6. The van der Waals surface area contributed by atoms with E-state index in [1.807, 2.05) is 0 Å². The second kappa shape index (κ2) is 6.88. The summed E-state index contributed by atoms with van der Waals surface area (Å²) in [6.07, 6.45) is -1.50. The molecule has 1 amide bonds. The molecule has 0 bridgehead atoms. The minimum absolute atomic E-state index is 0.0145. The lowest BCUT2D eigenvalue weighted by Gasteiger charge is -2.24. The minimum Gasteiger partial charge on any atom is -0.480 e. The van der Waals surface area contributed by atoms with Crippen molar-refractivity contribution in [3.63, 3.8) is 0 Å². The third kappa shape index (κ3) is 5.04. The summed E-state index contributed by atoms with van der Waals surface area (Å²) in [4.78, 5) is 34.4. The van der Waals surface area contributed by atoms with Crippen molar-refractivity contribution in [1.82, 2.24) is 5.01 Å². The maximum absolute atomic E-state index is 11.9. The minimum atomic E-state index is -1.66. The van der Waals surface area contributed by atoms with Crippen molar-refractivity contribution in [1.29, 1.82) is 0 Å². The highest BCUT2D eigenvalue weighted by Gasteiger charge is 2.41. The van der Waals surface area contributed by atoms with Gasteiger partial charge in [-0.1, -0.05) is 30.3 Å². The molecule has 0 aliphatic carbocycles. The molecular weight excluding hydrogens is 292 g/mol. The second-order valence-electron chi connectivity index (χ2n) is 5.61. The van der Waals surface area contributed by atoms with Crippen LogP contribution in [-0.4, -0.2) is 38.9 Å². The second-order valence-corrected chi connectivity index (χ2v) is 5.61.